The summed E-state index contributed by atoms with van der Waals surface area (Å²) in [6.07, 6.45) is 15.0. The Morgan fingerprint density at radius 2 is 1.65 bits per heavy atom. The molecule has 0 aromatic rings. The third-order valence-corrected chi connectivity index (χ3v) is 4.96. The van der Waals surface area contributed by atoms with Crippen LogP contribution in [0.15, 0.2) is 0 Å². The average Bonchev–Trinajstić information content (AvgIpc) is 2.45. The summed E-state index contributed by atoms with van der Waals surface area (Å²) in [6, 6.07) is 0. The van der Waals surface area contributed by atoms with Gasteiger partial charge in [-0.3, -0.25) is 4.79 Å². The van der Waals surface area contributed by atoms with E-state index in [1.807, 2.05) is 4.90 Å². The second-order valence-corrected chi connectivity index (χ2v) is 7.45. The van der Waals surface area contributed by atoms with Crippen molar-refractivity contribution >= 4 is 21.8 Å². The van der Waals surface area contributed by atoms with Gasteiger partial charge in [-0.05, 0) is 19.3 Å². The molecule has 3 heteroatoms. The third kappa shape index (κ3) is 8.28. The van der Waals surface area contributed by atoms with Gasteiger partial charge in [0.2, 0.25) is 5.91 Å². The average molecular weight is 346 g/mol. The predicted molar refractivity (Wildman–Crippen MR) is 90.4 cm³/mol. The maximum atomic E-state index is 12.1. The van der Waals surface area contributed by atoms with Crippen LogP contribution < -0.4 is 0 Å². The zero-order chi connectivity index (χ0) is 14.6. The predicted octanol–water partition coefficient (Wildman–Crippen LogP) is 5.29. The monoisotopic (exact) mass is 345 g/mol. The molecule has 0 radical (unpaired) electrons. The van der Waals surface area contributed by atoms with E-state index in [1.54, 1.807) is 0 Å². The maximum absolute atomic E-state index is 12.1. The molecule has 2 nitrogen and oxygen atoms in total. The molecule has 1 aliphatic rings. The number of carbonyl (C=O) groups excluding carboxylic acids is 1. The van der Waals surface area contributed by atoms with Crippen molar-refractivity contribution in [1.29, 1.82) is 0 Å². The third-order valence-electron chi connectivity index (χ3n) is 4.21. The second kappa shape index (κ2) is 11.6. The largest absolute Gasteiger partial charge is 0.342 e. The van der Waals surface area contributed by atoms with Crippen LogP contribution in [0.25, 0.3) is 0 Å². The van der Waals surface area contributed by atoms with Crippen molar-refractivity contribution < 1.29 is 4.79 Å². The number of piperidine rings is 1. The summed E-state index contributed by atoms with van der Waals surface area (Å²) in [5, 5.41) is 0. The zero-order valence-electron chi connectivity index (χ0n) is 13.2. The van der Waals surface area contributed by atoms with Crippen molar-refractivity contribution in [2.45, 2.75) is 88.8 Å². The minimum atomic E-state index is 0.372. The highest BCUT2D eigenvalue weighted by Gasteiger charge is 2.20. The van der Waals surface area contributed by atoms with Gasteiger partial charge in [0.15, 0.2) is 0 Å². The number of alkyl halides is 1. The lowest BCUT2D eigenvalue weighted by Crippen LogP contribution is -2.40. The Balaban J connectivity index is 1.91. The summed E-state index contributed by atoms with van der Waals surface area (Å²) >= 11 is 3.63. The van der Waals surface area contributed by atoms with E-state index in [9.17, 15) is 4.79 Å². The van der Waals surface area contributed by atoms with Crippen LogP contribution in [0.3, 0.4) is 0 Å². The Hall–Kier alpha value is -0.0500. The van der Waals surface area contributed by atoms with Crippen molar-refractivity contribution in [1.82, 2.24) is 4.90 Å². The van der Waals surface area contributed by atoms with Crippen LogP contribution in [-0.4, -0.2) is 28.7 Å². The van der Waals surface area contributed by atoms with Crippen molar-refractivity contribution in [2.75, 3.05) is 13.1 Å². The van der Waals surface area contributed by atoms with Crippen molar-refractivity contribution in [3.63, 3.8) is 0 Å². The highest BCUT2D eigenvalue weighted by Crippen LogP contribution is 2.18. The SMILES string of the molecule is CCCCCCCCCCCC(=O)N1CCCC(Br)C1. The normalized spacial score (nSPS) is 19.3. The molecule has 1 aliphatic heterocycles. The van der Waals surface area contributed by atoms with Crippen LogP contribution in [0.1, 0.15) is 84.0 Å². The van der Waals surface area contributed by atoms with Crippen LogP contribution in [0.5, 0.6) is 0 Å². The minimum absolute atomic E-state index is 0.372. The van der Waals surface area contributed by atoms with Crippen molar-refractivity contribution in [3.05, 3.63) is 0 Å². The fourth-order valence-electron chi connectivity index (χ4n) is 2.90. The fourth-order valence-corrected chi connectivity index (χ4v) is 3.57. The molecule has 0 aliphatic carbocycles. The van der Waals surface area contributed by atoms with E-state index >= 15 is 0 Å². The van der Waals surface area contributed by atoms with Crippen molar-refractivity contribution in [2.24, 2.45) is 0 Å². The standard InChI is InChI=1S/C17H32BrNO/c1-2-3-4-5-6-7-8-9-10-13-17(20)19-14-11-12-16(18)15-19/h16H,2-15H2,1H3. The van der Waals surface area contributed by atoms with E-state index in [0.717, 1.165) is 32.4 Å². The minimum Gasteiger partial charge on any atom is -0.342 e. The van der Waals surface area contributed by atoms with Gasteiger partial charge in [0.1, 0.15) is 0 Å². The molecule has 0 aromatic heterocycles. The summed E-state index contributed by atoms with van der Waals surface area (Å²) < 4.78 is 0. The lowest BCUT2D eigenvalue weighted by molar-refractivity contribution is -0.132. The summed E-state index contributed by atoms with van der Waals surface area (Å²) in [5.74, 6) is 0.372. The lowest BCUT2D eigenvalue weighted by Gasteiger charge is -2.30. The molecule has 1 amide bonds. The molecule has 1 saturated heterocycles. The molecule has 20 heavy (non-hydrogen) atoms. The summed E-state index contributed by atoms with van der Waals surface area (Å²) in [5.41, 5.74) is 0. The molecule has 1 atom stereocenters. The number of rotatable bonds is 10. The van der Waals surface area contributed by atoms with Crippen LogP contribution >= 0.6 is 15.9 Å². The molecule has 0 saturated carbocycles. The quantitative estimate of drug-likeness (QED) is 0.389. The first-order valence-electron chi connectivity index (χ1n) is 8.66. The smallest absolute Gasteiger partial charge is 0.222 e. The first-order chi connectivity index (χ1) is 9.74. The van der Waals surface area contributed by atoms with Crippen LogP contribution in [0.2, 0.25) is 0 Å². The Morgan fingerprint density at radius 1 is 1.05 bits per heavy atom. The second-order valence-electron chi connectivity index (χ2n) is 6.16. The number of hydrogen-bond donors (Lipinski definition) is 0. The first kappa shape index (κ1) is 18.0. The zero-order valence-corrected chi connectivity index (χ0v) is 14.8. The number of carbonyl (C=O) groups is 1. The molecule has 0 N–H and O–H groups in total. The van der Waals surface area contributed by atoms with Crippen molar-refractivity contribution in [3.8, 4) is 0 Å². The number of halogens is 1. The van der Waals surface area contributed by atoms with E-state index in [2.05, 4.69) is 22.9 Å². The molecular weight excluding hydrogens is 314 g/mol. The van der Waals surface area contributed by atoms with Gasteiger partial charge in [0, 0.05) is 24.3 Å². The number of nitrogens with zero attached hydrogens (tertiary/aromatic N) is 1. The Labute approximate surface area is 133 Å². The van der Waals surface area contributed by atoms with E-state index in [1.165, 1.54) is 57.8 Å². The molecule has 0 aromatic carbocycles. The summed E-state index contributed by atoms with van der Waals surface area (Å²) in [6.45, 7) is 4.14. The Kier molecular flexibility index (Phi) is 10.4. The van der Waals surface area contributed by atoms with Gasteiger partial charge < -0.3 is 4.90 Å². The van der Waals surface area contributed by atoms with Gasteiger partial charge in [0.25, 0.3) is 0 Å². The highest BCUT2D eigenvalue weighted by molar-refractivity contribution is 9.09. The molecule has 1 rings (SSSR count). The van der Waals surface area contributed by atoms with Gasteiger partial charge in [-0.25, -0.2) is 0 Å². The number of amides is 1. The van der Waals surface area contributed by atoms with Crippen LogP contribution in [0.4, 0.5) is 0 Å². The van der Waals surface area contributed by atoms with Gasteiger partial charge >= 0.3 is 0 Å². The molecule has 0 bridgehead atoms. The van der Waals surface area contributed by atoms with Crippen LogP contribution in [-0.2, 0) is 4.79 Å². The maximum Gasteiger partial charge on any atom is 0.222 e. The number of hydrogen-bond acceptors (Lipinski definition) is 1. The number of likely N-dealkylation sites (tertiary alicyclic amines) is 1. The Bertz CT molecular complexity index is 257. The van der Waals surface area contributed by atoms with Gasteiger partial charge in [-0.2, -0.15) is 0 Å². The van der Waals surface area contributed by atoms with E-state index in [0.29, 0.717) is 10.7 Å². The van der Waals surface area contributed by atoms with Gasteiger partial charge in [-0.1, -0.05) is 74.2 Å². The van der Waals surface area contributed by atoms with E-state index < -0.39 is 0 Å². The molecule has 118 valence electrons. The highest BCUT2D eigenvalue weighted by atomic mass is 79.9. The fraction of sp³-hybridized carbons (Fsp3) is 0.941. The lowest BCUT2D eigenvalue weighted by atomic mass is 10.1. The molecular formula is C17H32BrNO. The number of unbranched alkanes of at least 4 members (excludes halogenated alkanes) is 8. The topological polar surface area (TPSA) is 20.3 Å². The molecule has 1 fully saturated rings. The first-order valence-corrected chi connectivity index (χ1v) is 9.57. The summed E-state index contributed by atoms with van der Waals surface area (Å²) in [4.78, 5) is 14.6. The van der Waals surface area contributed by atoms with E-state index in [4.69, 9.17) is 0 Å². The molecule has 1 heterocycles. The Morgan fingerprint density at radius 3 is 2.25 bits per heavy atom. The van der Waals surface area contributed by atoms with Gasteiger partial charge in [-0.15, -0.1) is 0 Å². The molecule has 0 spiro atoms. The van der Waals surface area contributed by atoms with Crippen LogP contribution in [0, 0.1) is 0 Å². The van der Waals surface area contributed by atoms with E-state index in [-0.39, 0.29) is 0 Å². The van der Waals surface area contributed by atoms with Gasteiger partial charge in [0.05, 0.1) is 0 Å². The summed E-state index contributed by atoms with van der Waals surface area (Å²) in [7, 11) is 0. The molecule has 1 unspecified atom stereocenters.